The van der Waals surface area contributed by atoms with Crippen LogP contribution in [0.4, 0.5) is 8.78 Å². The van der Waals surface area contributed by atoms with Gasteiger partial charge in [-0.3, -0.25) is 4.79 Å². The summed E-state index contributed by atoms with van der Waals surface area (Å²) in [6, 6.07) is 11.2. The Hall–Kier alpha value is -4.84. The number of carbonyl (C=O) groups is 2. The molecule has 2 bridgehead atoms. The molecular formula is C34H32F2N6O4. The maximum atomic E-state index is 15.2. The summed E-state index contributed by atoms with van der Waals surface area (Å²) in [5, 5.41) is 10.2. The number of nitrogens with zero attached hydrogens (tertiary/aromatic N) is 5. The van der Waals surface area contributed by atoms with Crippen molar-refractivity contribution in [1.29, 1.82) is 0 Å². The van der Waals surface area contributed by atoms with Crippen LogP contribution in [0.5, 0.6) is 5.75 Å². The van der Waals surface area contributed by atoms with Gasteiger partial charge >= 0.3 is 5.97 Å². The van der Waals surface area contributed by atoms with Crippen LogP contribution in [0.25, 0.3) is 44.8 Å². The molecule has 2 aromatic carbocycles. The molecule has 2 unspecified atom stereocenters. The first-order valence-corrected chi connectivity index (χ1v) is 15.5. The number of amides is 1. The van der Waals surface area contributed by atoms with Gasteiger partial charge in [-0.05, 0) is 80.0 Å². The first-order chi connectivity index (χ1) is 22.1. The lowest BCUT2D eigenvalue weighted by Gasteiger charge is -2.27. The largest absolute Gasteiger partial charge is 0.494 e. The minimum absolute atomic E-state index is 0.0114. The highest BCUT2D eigenvalue weighted by Gasteiger charge is 2.47. The summed E-state index contributed by atoms with van der Waals surface area (Å²) < 4.78 is 39.2. The Morgan fingerprint density at radius 2 is 1.87 bits per heavy atom. The van der Waals surface area contributed by atoms with Gasteiger partial charge in [-0.1, -0.05) is 0 Å². The molecule has 12 heteroatoms. The van der Waals surface area contributed by atoms with Crippen molar-refractivity contribution in [2.24, 2.45) is 24.6 Å². The van der Waals surface area contributed by atoms with E-state index in [-0.39, 0.29) is 29.2 Å². The van der Waals surface area contributed by atoms with E-state index in [9.17, 15) is 19.1 Å². The summed E-state index contributed by atoms with van der Waals surface area (Å²) in [6.45, 7) is 1.32. The molecule has 4 heterocycles. The maximum absolute atomic E-state index is 15.2. The number of carbonyl (C=O) groups excluding carboxylic acids is 1. The molecule has 236 valence electrons. The third-order valence-corrected chi connectivity index (χ3v) is 10.0. The number of aromatic nitrogens is 4. The molecule has 1 saturated heterocycles. The van der Waals surface area contributed by atoms with E-state index in [2.05, 4.69) is 4.57 Å². The molecular weight excluding hydrogens is 594 g/mol. The fraction of sp³-hybridized carbons (Fsp3) is 0.353. The average molecular weight is 627 g/mol. The monoisotopic (exact) mass is 626 g/mol. The van der Waals surface area contributed by atoms with Gasteiger partial charge in [0.1, 0.15) is 34.1 Å². The number of hydrogen-bond donors (Lipinski definition) is 2. The molecule has 0 radical (unpaired) electrons. The van der Waals surface area contributed by atoms with Gasteiger partial charge in [-0.15, -0.1) is 0 Å². The van der Waals surface area contributed by atoms with Crippen molar-refractivity contribution in [3.63, 3.8) is 0 Å². The number of rotatable bonds is 7. The molecule has 3 aromatic heterocycles. The van der Waals surface area contributed by atoms with Gasteiger partial charge < -0.3 is 29.6 Å². The summed E-state index contributed by atoms with van der Waals surface area (Å²) in [5.74, 6) is -2.13. The van der Waals surface area contributed by atoms with Gasteiger partial charge in [-0.25, -0.2) is 23.5 Å². The SMILES string of the molecule is COc1cc(C(=O)N2CC3CCC2[C@@H]3N)cc2nc(-c3cc4ccc(-c5ccc(F)c(C(=O)O)c5F)nc4n3CC3CC3)n(C)c12. The second-order valence-electron chi connectivity index (χ2n) is 12.8. The van der Waals surface area contributed by atoms with Crippen molar-refractivity contribution < 1.29 is 28.2 Å². The van der Waals surface area contributed by atoms with E-state index in [1.165, 1.54) is 6.07 Å². The zero-order valence-electron chi connectivity index (χ0n) is 25.3. The molecule has 1 aliphatic heterocycles. The number of likely N-dealkylation sites (tertiary alicyclic amines) is 1. The minimum Gasteiger partial charge on any atom is -0.494 e. The quantitative estimate of drug-likeness (QED) is 0.254. The minimum atomic E-state index is -1.68. The Labute approximate surface area is 262 Å². The number of carboxylic acid groups (broad SMARTS) is 1. The second kappa shape index (κ2) is 10.3. The lowest BCUT2D eigenvalue weighted by Crippen LogP contribution is -2.41. The summed E-state index contributed by atoms with van der Waals surface area (Å²) in [7, 11) is 3.47. The zero-order chi connectivity index (χ0) is 32.0. The summed E-state index contributed by atoms with van der Waals surface area (Å²) in [6.07, 6.45) is 4.10. The van der Waals surface area contributed by atoms with Crippen LogP contribution in [0.3, 0.4) is 0 Å². The van der Waals surface area contributed by atoms with Crippen LogP contribution in [-0.2, 0) is 13.6 Å². The van der Waals surface area contributed by atoms with Crippen molar-refractivity contribution in [3.8, 4) is 28.5 Å². The van der Waals surface area contributed by atoms with E-state index in [4.69, 9.17) is 20.4 Å². The number of imidazole rings is 1. The number of piperidine rings is 1. The van der Waals surface area contributed by atoms with Gasteiger partial charge in [-0.2, -0.15) is 0 Å². The molecule has 46 heavy (non-hydrogen) atoms. The summed E-state index contributed by atoms with van der Waals surface area (Å²) >= 11 is 0. The predicted octanol–water partition coefficient (Wildman–Crippen LogP) is 5.21. The van der Waals surface area contributed by atoms with Crippen LogP contribution in [0.15, 0.2) is 42.5 Å². The van der Waals surface area contributed by atoms with E-state index in [1.807, 2.05) is 28.6 Å². The fourth-order valence-electron chi connectivity index (χ4n) is 7.42. The number of hydrogen-bond acceptors (Lipinski definition) is 6. The molecule has 2 aliphatic carbocycles. The molecule has 8 rings (SSSR count). The number of pyridine rings is 1. The Bertz CT molecular complexity index is 2100. The standard InChI is InChI=1S/C34H32F2N6O4/c1-40-30-23(11-19(13-26(30)46-2)33(43)42-15-18-6-10-24(42)29(18)37)39-32(40)25-12-17-5-9-22(38-31(17)41(25)14-16-3-4-16)20-7-8-21(35)27(28(20)36)34(44)45/h5,7-9,11-13,16,18,24,29H,3-4,6,10,14-15,37H2,1-2H3,(H,44,45)/t18?,24?,29-/m1/s1. The molecule has 5 aromatic rings. The highest BCUT2D eigenvalue weighted by molar-refractivity contribution is 6.00. The molecule has 1 amide bonds. The van der Waals surface area contributed by atoms with Crippen molar-refractivity contribution in [1.82, 2.24) is 24.0 Å². The van der Waals surface area contributed by atoms with Gasteiger partial charge in [0.15, 0.2) is 5.82 Å². The third kappa shape index (κ3) is 4.30. The Morgan fingerprint density at radius 1 is 1.07 bits per heavy atom. The normalized spacial score (nSPS) is 20.7. The number of halogens is 2. The number of carboxylic acids is 1. The van der Waals surface area contributed by atoms with Gasteiger partial charge in [0.2, 0.25) is 0 Å². The van der Waals surface area contributed by atoms with Crippen LogP contribution >= 0.6 is 0 Å². The van der Waals surface area contributed by atoms with Gasteiger partial charge in [0.25, 0.3) is 5.91 Å². The number of fused-ring (bicyclic) bond motifs is 4. The summed E-state index contributed by atoms with van der Waals surface area (Å²) in [4.78, 5) is 36.9. The van der Waals surface area contributed by atoms with E-state index in [1.54, 1.807) is 25.3 Å². The fourth-order valence-corrected chi connectivity index (χ4v) is 7.42. The highest BCUT2D eigenvalue weighted by Crippen LogP contribution is 2.40. The van der Waals surface area contributed by atoms with E-state index in [0.29, 0.717) is 53.2 Å². The second-order valence-corrected chi connectivity index (χ2v) is 12.8. The van der Waals surface area contributed by atoms with Crippen LogP contribution in [-0.4, -0.2) is 66.7 Å². The molecule has 10 nitrogen and oxygen atoms in total. The Kier molecular flexibility index (Phi) is 6.44. The molecule has 3 N–H and O–H groups in total. The van der Waals surface area contributed by atoms with Crippen LogP contribution < -0.4 is 10.5 Å². The number of methoxy groups -OCH3 is 1. The van der Waals surface area contributed by atoms with Crippen LogP contribution in [0.2, 0.25) is 0 Å². The molecule has 3 aliphatic rings. The third-order valence-electron chi connectivity index (χ3n) is 10.0. The number of benzene rings is 2. The Morgan fingerprint density at radius 3 is 2.54 bits per heavy atom. The first-order valence-electron chi connectivity index (χ1n) is 15.5. The van der Waals surface area contributed by atoms with Gasteiger partial charge in [0, 0.05) is 48.7 Å². The van der Waals surface area contributed by atoms with Crippen molar-refractivity contribution in [2.75, 3.05) is 13.7 Å². The van der Waals surface area contributed by atoms with Crippen LogP contribution in [0.1, 0.15) is 46.4 Å². The number of aryl methyl sites for hydroxylation is 1. The predicted molar refractivity (Wildman–Crippen MR) is 167 cm³/mol. The number of aromatic carboxylic acids is 1. The number of nitrogens with two attached hydrogens (primary N) is 1. The number of ether oxygens (including phenoxy) is 1. The van der Waals surface area contributed by atoms with Crippen molar-refractivity contribution >= 4 is 33.9 Å². The van der Waals surface area contributed by atoms with E-state index >= 15 is 4.39 Å². The maximum Gasteiger partial charge on any atom is 0.341 e. The highest BCUT2D eigenvalue weighted by atomic mass is 19.1. The van der Waals surface area contributed by atoms with Crippen LogP contribution in [0, 0.1) is 23.5 Å². The lowest BCUT2D eigenvalue weighted by molar-refractivity contribution is 0.0682. The summed E-state index contributed by atoms with van der Waals surface area (Å²) in [5.41, 5.74) is 8.68. The van der Waals surface area contributed by atoms with E-state index < -0.39 is 23.2 Å². The smallest absolute Gasteiger partial charge is 0.341 e. The van der Waals surface area contributed by atoms with Gasteiger partial charge in [0.05, 0.1) is 24.0 Å². The Balaban J connectivity index is 1.25. The first kappa shape index (κ1) is 28.6. The molecule has 3 fully saturated rings. The van der Waals surface area contributed by atoms with E-state index in [0.717, 1.165) is 48.3 Å². The molecule has 2 saturated carbocycles. The van der Waals surface area contributed by atoms with Crippen molar-refractivity contribution in [3.05, 3.63) is 65.2 Å². The molecule has 0 spiro atoms. The zero-order valence-corrected chi connectivity index (χ0v) is 25.3. The molecule has 3 atom stereocenters. The topological polar surface area (TPSA) is 129 Å². The van der Waals surface area contributed by atoms with Crippen molar-refractivity contribution in [2.45, 2.75) is 44.3 Å². The lowest BCUT2D eigenvalue weighted by atomic mass is 10.1. The average Bonchev–Trinajstić information content (AvgIpc) is 3.44.